The molecule has 1 amide bonds. The molecule has 0 saturated heterocycles. The number of ether oxygens (including phenoxy) is 3. The predicted octanol–water partition coefficient (Wildman–Crippen LogP) is 3.18. The Labute approximate surface area is 180 Å². The molecule has 0 unspecified atom stereocenters. The van der Waals surface area contributed by atoms with E-state index in [0.29, 0.717) is 11.3 Å². The molecule has 8 heteroatoms. The predicted molar refractivity (Wildman–Crippen MR) is 115 cm³/mol. The third-order valence-corrected chi connectivity index (χ3v) is 3.92. The van der Waals surface area contributed by atoms with Gasteiger partial charge < -0.3 is 14.2 Å². The van der Waals surface area contributed by atoms with Crippen molar-refractivity contribution in [3.8, 4) is 5.75 Å². The molecule has 0 aliphatic rings. The number of hydrazone groups is 1. The Morgan fingerprint density at radius 3 is 2.23 bits per heavy atom. The van der Waals surface area contributed by atoms with E-state index in [9.17, 15) is 14.4 Å². The van der Waals surface area contributed by atoms with Crippen LogP contribution in [0.1, 0.15) is 29.8 Å². The van der Waals surface area contributed by atoms with Crippen LogP contribution in [0.15, 0.2) is 71.5 Å². The summed E-state index contributed by atoms with van der Waals surface area (Å²) in [6, 6.07) is 15.3. The Kier molecular flexibility index (Phi) is 8.97. The highest BCUT2D eigenvalue weighted by Crippen LogP contribution is 2.18. The molecule has 162 valence electrons. The molecule has 0 aliphatic carbocycles. The molecule has 0 spiro atoms. The smallest absolute Gasteiger partial charge is 0.357 e. The summed E-state index contributed by atoms with van der Waals surface area (Å²) < 4.78 is 15.2. The summed E-state index contributed by atoms with van der Waals surface area (Å²) >= 11 is 0. The van der Waals surface area contributed by atoms with Crippen LogP contribution in [0, 0.1) is 0 Å². The van der Waals surface area contributed by atoms with Gasteiger partial charge >= 0.3 is 11.9 Å². The molecule has 31 heavy (non-hydrogen) atoms. The number of esters is 2. The fourth-order valence-electron chi connectivity index (χ4n) is 2.53. The average Bonchev–Trinajstić information content (AvgIpc) is 2.79. The SMILES string of the molecule is CCOC(=O)/C=C(/C(=O)OCC)N(/N=C/c1ccccc1OC)C(=O)c1ccccc1. The highest BCUT2D eigenvalue weighted by Gasteiger charge is 2.27. The number of rotatable bonds is 9. The van der Waals surface area contributed by atoms with Gasteiger partial charge in [0.2, 0.25) is 0 Å². The molecule has 0 aliphatic heterocycles. The van der Waals surface area contributed by atoms with Crippen LogP contribution >= 0.6 is 0 Å². The number of hydrogen-bond acceptors (Lipinski definition) is 7. The van der Waals surface area contributed by atoms with Crippen LogP contribution < -0.4 is 4.74 Å². The standard InChI is InChI=1S/C23H24N2O6/c1-4-30-21(26)15-19(23(28)31-5-2)25(22(27)17-11-7-6-8-12-17)24-16-18-13-9-10-14-20(18)29-3/h6-16H,4-5H2,1-3H3/b19-15-,24-16+. The zero-order chi connectivity index (χ0) is 22.6. The molecular formula is C23H24N2O6. The zero-order valence-electron chi connectivity index (χ0n) is 17.6. The van der Waals surface area contributed by atoms with Crippen molar-refractivity contribution in [2.24, 2.45) is 5.10 Å². The van der Waals surface area contributed by atoms with Gasteiger partial charge in [-0.15, -0.1) is 0 Å². The average molecular weight is 424 g/mol. The number of para-hydroxylation sites is 1. The van der Waals surface area contributed by atoms with Gasteiger partial charge in [0.05, 0.1) is 32.6 Å². The normalized spacial score (nSPS) is 11.1. The summed E-state index contributed by atoms with van der Waals surface area (Å²) in [5, 5.41) is 5.01. The van der Waals surface area contributed by atoms with Gasteiger partial charge in [0.15, 0.2) is 5.70 Å². The molecule has 2 aromatic carbocycles. The zero-order valence-corrected chi connectivity index (χ0v) is 17.6. The lowest BCUT2D eigenvalue weighted by Crippen LogP contribution is -2.31. The van der Waals surface area contributed by atoms with Gasteiger partial charge in [0.25, 0.3) is 5.91 Å². The molecule has 0 saturated carbocycles. The second-order valence-electron chi connectivity index (χ2n) is 5.97. The summed E-state index contributed by atoms with van der Waals surface area (Å²) in [6.45, 7) is 3.38. The Morgan fingerprint density at radius 1 is 0.935 bits per heavy atom. The van der Waals surface area contributed by atoms with Crippen molar-refractivity contribution in [2.75, 3.05) is 20.3 Å². The van der Waals surface area contributed by atoms with E-state index in [1.807, 2.05) is 0 Å². The molecule has 0 bridgehead atoms. The maximum absolute atomic E-state index is 13.2. The van der Waals surface area contributed by atoms with E-state index in [1.54, 1.807) is 68.4 Å². The summed E-state index contributed by atoms with van der Waals surface area (Å²) in [5.41, 5.74) is 0.453. The van der Waals surface area contributed by atoms with Crippen LogP contribution in [0.5, 0.6) is 5.75 Å². The third-order valence-electron chi connectivity index (χ3n) is 3.92. The van der Waals surface area contributed by atoms with Crippen molar-refractivity contribution in [1.82, 2.24) is 5.01 Å². The fourth-order valence-corrected chi connectivity index (χ4v) is 2.53. The molecule has 0 fully saturated rings. The van der Waals surface area contributed by atoms with Gasteiger partial charge in [-0.1, -0.05) is 30.3 Å². The first-order chi connectivity index (χ1) is 15.0. The molecule has 2 aromatic rings. The number of carbonyl (C=O) groups excluding carboxylic acids is 3. The molecule has 2 rings (SSSR count). The number of methoxy groups -OCH3 is 1. The van der Waals surface area contributed by atoms with E-state index in [0.717, 1.165) is 11.1 Å². The minimum absolute atomic E-state index is 0.0442. The minimum atomic E-state index is -0.892. The summed E-state index contributed by atoms with van der Waals surface area (Å²) in [5.74, 6) is -1.80. The van der Waals surface area contributed by atoms with Gasteiger partial charge in [0, 0.05) is 11.1 Å². The van der Waals surface area contributed by atoms with E-state index in [4.69, 9.17) is 14.2 Å². The summed E-state index contributed by atoms with van der Waals surface area (Å²) in [7, 11) is 1.50. The van der Waals surface area contributed by atoms with Gasteiger partial charge in [-0.2, -0.15) is 10.1 Å². The lowest BCUT2D eigenvalue weighted by Gasteiger charge is -2.19. The largest absolute Gasteiger partial charge is 0.496 e. The van der Waals surface area contributed by atoms with E-state index < -0.39 is 17.8 Å². The number of nitrogens with zero attached hydrogens (tertiary/aromatic N) is 2. The highest BCUT2D eigenvalue weighted by molar-refractivity contribution is 6.04. The summed E-state index contributed by atoms with van der Waals surface area (Å²) in [6.07, 6.45) is 2.25. The van der Waals surface area contributed by atoms with Crippen molar-refractivity contribution in [1.29, 1.82) is 0 Å². The van der Waals surface area contributed by atoms with Gasteiger partial charge in [-0.3, -0.25) is 4.79 Å². The van der Waals surface area contributed by atoms with Crippen LogP contribution in [0.4, 0.5) is 0 Å². The summed E-state index contributed by atoms with van der Waals surface area (Å²) in [4.78, 5) is 37.9. The first-order valence-electron chi connectivity index (χ1n) is 9.63. The highest BCUT2D eigenvalue weighted by atomic mass is 16.5. The maximum atomic E-state index is 13.2. The number of amides is 1. The Hall–Kier alpha value is -3.94. The lowest BCUT2D eigenvalue weighted by molar-refractivity contribution is -0.142. The molecule has 0 aromatic heterocycles. The first-order valence-corrected chi connectivity index (χ1v) is 9.63. The third kappa shape index (κ3) is 6.53. The van der Waals surface area contributed by atoms with Crippen LogP contribution in [0.3, 0.4) is 0 Å². The Balaban J connectivity index is 2.57. The quantitative estimate of drug-likeness (QED) is 0.266. The number of carbonyl (C=O) groups is 3. The molecule has 0 atom stereocenters. The van der Waals surface area contributed by atoms with E-state index in [1.165, 1.54) is 13.3 Å². The molecule has 0 radical (unpaired) electrons. The lowest BCUT2D eigenvalue weighted by atomic mass is 10.2. The first kappa shape index (κ1) is 23.3. The molecule has 0 N–H and O–H groups in total. The number of benzene rings is 2. The fraction of sp³-hybridized carbons (Fsp3) is 0.217. The van der Waals surface area contributed by atoms with E-state index in [2.05, 4.69) is 5.10 Å². The van der Waals surface area contributed by atoms with Crippen molar-refractivity contribution in [2.45, 2.75) is 13.8 Å². The van der Waals surface area contributed by atoms with Gasteiger partial charge in [-0.25, -0.2) is 9.59 Å². The van der Waals surface area contributed by atoms with Crippen molar-refractivity contribution in [3.05, 3.63) is 77.5 Å². The monoisotopic (exact) mass is 424 g/mol. The Bertz CT molecular complexity index is 969. The molecular weight excluding hydrogens is 400 g/mol. The van der Waals surface area contributed by atoms with Crippen molar-refractivity contribution < 1.29 is 28.6 Å². The second-order valence-corrected chi connectivity index (χ2v) is 5.97. The second kappa shape index (κ2) is 11.9. The van der Waals surface area contributed by atoms with E-state index in [-0.39, 0.29) is 24.5 Å². The maximum Gasteiger partial charge on any atom is 0.357 e. The van der Waals surface area contributed by atoms with Crippen molar-refractivity contribution >= 4 is 24.1 Å². The molecule has 0 heterocycles. The van der Waals surface area contributed by atoms with Gasteiger partial charge in [0.1, 0.15) is 5.75 Å². The minimum Gasteiger partial charge on any atom is -0.496 e. The van der Waals surface area contributed by atoms with E-state index >= 15 is 0 Å². The number of hydrogen-bond donors (Lipinski definition) is 0. The van der Waals surface area contributed by atoms with Crippen LogP contribution in [-0.2, 0) is 19.1 Å². The topological polar surface area (TPSA) is 94.5 Å². The Morgan fingerprint density at radius 2 is 1.58 bits per heavy atom. The van der Waals surface area contributed by atoms with Crippen LogP contribution in [0.25, 0.3) is 0 Å². The molecule has 8 nitrogen and oxygen atoms in total. The van der Waals surface area contributed by atoms with Crippen LogP contribution in [0.2, 0.25) is 0 Å². The van der Waals surface area contributed by atoms with Crippen LogP contribution in [-0.4, -0.2) is 49.4 Å². The van der Waals surface area contributed by atoms with Gasteiger partial charge in [-0.05, 0) is 38.1 Å². The van der Waals surface area contributed by atoms with Crippen molar-refractivity contribution in [3.63, 3.8) is 0 Å².